The standard InChI is InChI=1S/C20H27NO6/c1-18(2,3)27-17(24)20(12-22)19(4)14(16(23)21-20)10-15(26-19)25-11-13-8-6-5-7-9-13/h5-9,14-15,22H,10-12H2,1-4H3,(H,21,23)/t14-,15+,19-,20-/m0/s1. The van der Waals surface area contributed by atoms with Crippen LogP contribution < -0.4 is 5.32 Å². The van der Waals surface area contributed by atoms with E-state index in [1.54, 1.807) is 27.7 Å². The van der Waals surface area contributed by atoms with E-state index in [0.29, 0.717) is 13.0 Å². The van der Waals surface area contributed by atoms with Crippen LogP contribution in [0.5, 0.6) is 0 Å². The highest BCUT2D eigenvalue weighted by Crippen LogP contribution is 2.49. The van der Waals surface area contributed by atoms with Crippen LogP contribution in [0.1, 0.15) is 39.7 Å². The zero-order valence-corrected chi connectivity index (χ0v) is 16.2. The number of rotatable bonds is 5. The molecule has 2 aliphatic heterocycles. The highest BCUT2D eigenvalue weighted by molar-refractivity contribution is 5.96. The summed E-state index contributed by atoms with van der Waals surface area (Å²) in [6.07, 6.45) is -0.348. The lowest BCUT2D eigenvalue weighted by Crippen LogP contribution is -2.66. The Morgan fingerprint density at radius 3 is 2.59 bits per heavy atom. The van der Waals surface area contributed by atoms with Crippen molar-refractivity contribution in [1.29, 1.82) is 0 Å². The van der Waals surface area contributed by atoms with E-state index in [1.807, 2.05) is 30.3 Å². The Balaban J connectivity index is 1.79. The van der Waals surface area contributed by atoms with Gasteiger partial charge in [0.05, 0.1) is 19.1 Å². The van der Waals surface area contributed by atoms with Crippen LogP contribution in [0, 0.1) is 5.92 Å². The quantitative estimate of drug-likeness (QED) is 0.756. The van der Waals surface area contributed by atoms with Gasteiger partial charge in [-0.2, -0.15) is 0 Å². The lowest BCUT2D eigenvalue weighted by atomic mass is 9.77. The van der Waals surface area contributed by atoms with Crippen LogP contribution >= 0.6 is 0 Å². The number of esters is 1. The number of amides is 1. The molecule has 0 aromatic heterocycles. The summed E-state index contributed by atoms with van der Waals surface area (Å²) in [7, 11) is 0. The average molecular weight is 377 g/mol. The van der Waals surface area contributed by atoms with E-state index < -0.39 is 41.5 Å². The van der Waals surface area contributed by atoms with Crippen molar-refractivity contribution in [2.24, 2.45) is 5.92 Å². The minimum atomic E-state index is -1.66. The summed E-state index contributed by atoms with van der Waals surface area (Å²) in [4.78, 5) is 25.4. The summed E-state index contributed by atoms with van der Waals surface area (Å²) in [6.45, 7) is 6.55. The van der Waals surface area contributed by atoms with E-state index in [4.69, 9.17) is 14.2 Å². The van der Waals surface area contributed by atoms with E-state index in [0.717, 1.165) is 5.56 Å². The first kappa shape index (κ1) is 19.8. The van der Waals surface area contributed by atoms with E-state index in [1.165, 1.54) is 0 Å². The number of aliphatic hydroxyl groups excluding tert-OH is 1. The molecule has 0 radical (unpaired) electrons. The molecule has 7 heteroatoms. The Morgan fingerprint density at radius 2 is 2.00 bits per heavy atom. The van der Waals surface area contributed by atoms with Gasteiger partial charge in [0.25, 0.3) is 0 Å². The third-order valence-electron chi connectivity index (χ3n) is 5.23. The van der Waals surface area contributed by atoms with Crippen LogP contribution in [-0.4, -0.2) is 46.6 Å². The fourth-order valence-corrected chi connectivity index (χ4v) is 3.74. The Morgan fingerprint density at radius 1 is 1.33 bits per heavy atom. The maximum Gasteiger partial charge on any atom is 0.337 e. The van der Waals surface area contributed by atoms with E-state index in [2.05, 4.69) is 5.32 Å². The number of hydrogen-bond acceptors (Lipinski definition) is 6. The molecule has 27 heavy (non-hydrogen) atoms. The van der Waals surface area contributed by atoms with Crippen LogP contribution in [0.15, 0.2) is 30.3 Å². The monoisotopic (exact) mass is 377 g/mol. The SMILES string of the molecule is CC(C)(C)OC(=O)[C@]1(CO)NC(=O)[C@@H]2C[C@H](OCc3ccccc3)O[C@@]21C. The van der Waals surface area contributed by atoms with Crippen LogP contribution in [-0.2, 0) is 30.4 Å². The molecule has 4 atom stereocenters. The first-order valence-electron chi connectivity index (χ1n) is 9.11. The molecule has 7 nitrogen and oxygen atoms in total. The second-order valence-corrected chi connectivity index (χ2v) is 8.29. The summed E-state index contributed by atoms with van der Waals surface area (Å²) < 4.78 is 17.3. The lowest BCUT2D eigenvalue weighted by Gasteiger charge is -2.40. The minimum Gasteiger partial charge on any atom is -0.458 e. The summed E-state index contributed by atoms with van der Waals surface area (Å²) in [5, 5.41) is 12.7. The zero-order valence-electron chi connectivity index (χ0n) is 16.2. The number of ether oxygens (including phenoxy) is 3. The molecule has 0 bridgehead atoms. The lowest BCUT2D eigenvalue weighted by molar-refractivity contribution is -0.208. The molecule has 2 fully saturated rings. The van der Waals surface area contributed by atoms with Gasteiger partial charge < -0.3 is 24.6 Å². The predicted molar refractivity (Wildman–Crippen MR) is 96.4 cm³/mol. The molecular weight excluding hydrogens is 350 g/mol. The maximum absolute atomic E-state index is 12.9. The van der Waals surface area contributed by atoms with Crippen LogP contribution in [0.4, 0.5) is 0 Å². The molecular formula is C20H27NO6. The Bertz CT molecular complexity index is 715. The molecule has 1 aromatic rings. The fourth-order valence-electron chi connectivity index (χ4n) is 3.74. The van der Waals surface area contributed by atoms with Gasteiger partial charge in [-0.25, -0.2) is 4.79 Å². The molecule has 2 heterocycles. The largest absolute Gasteiger partial charge is 0.458 e. The second-order valence-electron chi connectivity index (χ2n) is 8.29. The maximum atomic E-state index is 12.9. The van der Waals surface area contributed by atoms with E-state index in [-0.39, 0.29) is 5.91 Å². The Kier molecular flexibility index (Phi) is 5.05. The Hall–Kier alpha value is -1.96. The van der Waals surface area contributed by atoms with Gasteiger partial charge in [0.15, 0.2) is 11.8 Å². The molecule has 2 aliphatic rings. The third kappa shape index (κ3) is 3.47. The predicted octanol–water partition coefficient (Wildman–Crippen LogP) is 1.53. The van der Waals surface area contributed by atoms with Gasteiger partial charge in [-0.1, -0.05) is 30.3 Å². The molecule has 148 valence electrons. The molecule has 0 aliphatic carbocycles. The smallest absolute Gasteiger partial charge is 0.337 e. The van der Waals surface area contributed by atoms with Crippen molar-refractivity contribution in [1.82, 2.24) is 5.32 Å². The number of hydrogen-bond donors (Lipinski definition) is 2. The van der Waals surface area contributed by atoms with Crippen molar-refractivity contribution in [2.75, 3.05) is 6.61 Å². The highest BCUT2D eigenvalue weighted by atomic mass is 16.7. The van der Waals surface area contributed by atoms with Gasteiger partial charge in [0, 0.05) is 6.42 Å². The van der Waals surface area contributed by atoms with Gasteiger partial charge in [0.1, 0.15) is 11.2 Å². The van der Waals surface area contributed by atoms with Crippen LogP contribution in [0.2, 0.25) is 0 Å². The van der Waals surface area contributed by atoms with Gasteiger partial charge >= 0.3 is 5.97 Å². The third-order valence-corrected chi connectivity index (χ3v) is 5.23. The highest BCUT2D eigenvalue weighted by Gasteiger charge is 2.71. The molecule has 0 saturated carbocycles. The molecule has 0 unspecified atom stereocenters. The molecule has 2 saturated heterocycles. The fraction of sp³-hybridized carbons (Fsp3) is 0.600. The van der Waals surface area contributed by atoms with Crippen LogP contribution in [0.25, 0.3) is 0 Å². The topological polar surface area (TPSA) is 94.1 Å². The van der Waals surface area contributed by atoms with Crippen LogP contribution in [0.3, 0.4) is 0 Å². The van der Waals surface area contributed by atoms with Crippen molar-refractivity contribution < 1.29 is 28.9 Å². The number of carbonyl (C=O) groups excluding carboxylic acids is 2. The van der Waals surface area contributed by atoms with Crippen molar-refractivity contribution in [3.8, 4) is 0 Å². The summed E-state index contributed by atoms with van der Waals surface area (Å²) >= 11 is 0. The number of carbonyl (C=O) groups is 2. The Labute approximate surface area is 159 Å². The van der Waals surface area contributed by atoms with Crippen molar-refractivity contribution in [2.45, 2.75) is 63.8 Å². The van der Waals surface area contributed by atoms with Crippen molar-refractivity contribution in [3.63, 3.8) is 0 Å². The number of nitrogens with one attached hydrogen (secondary N) is 1. The number of aliphatic hydroxyl groups is 1. The molecule has 1 amide bonds. The summed E-state index contributed by atoms with van der Waals surface area (Å²) in [5.74, 6) is -1.67. The van der Waals surface area contributed by atoms with Gasteiger partial charge in [0.2, 0.25) is 5.91 Å². The molecule has 3 rings (SSSR count). The summed E-state index contributed by atoms with van der Waals surface area (Å²) in [5.41, 5.74) is -2.70. The van der Waals surface area contributed by atoms with E-state index in [9.17, 15) is 14.7 Å². The molecule has 1 aromatic carbocycles. The van der Waals surface area contributed by atoms with Crippen molar-refractivity contribution >= 4 is 11.9 Å². The van der Waals surface area contributed by atoms with Gasteiger partial charge in [-0.05, 0) is 33.3 Å². The van der Waals surface area contributed by atoms with E-state index >= 15 is 0 Å². The average Bonchev–Trinajstić information content (AvgIpc) is 3.04. The van der Waals surface area contributed by atoms with Gasteiger partial charge in [-0.15, -0.1) is 0 Å². The van der Waals surface area contributed by atoms with Gasteiger partial charge in [-0.3, -0.25) is 4.79 Å². The minimum absolute atomic E-state index is 0.305. The second kappa shape index (κ2) is 6.89. The van der Waals surface area contributed by atoms with Crippen molar-refractivity contribution in [3.05, 3.63) is 35.9 Å². The first-order chi connectivity index (χ1) is 12.6. The number of benzene rings is 1. The zero-order chi connectivity index (χ0) is 19.9. The molecule has 2 N–H and O–H groups in total. The first-order valence-corrected chi connectivity index (χ1v) is 9.11. The normalized spacial score (nSPS) is 32.9. The number of fused-ring (bicyclic) bond motifs is 1. The summed E-state index contributed by atoms with van der Waals surface area (Å²) in [6, 6.07) is 9.61. The molecule has 0 spiro atoms.